The summed E-state index contributed by atoms with van der Waals surface area (Å²) in [6.45, 7) is 10.2. The standard InChI is InChI=1S/C18H32O7.CH4.2Ac.H2/c1-6-12-8(2)9(3)14(19)18(24-12)25-17-15(20)10(4)22-13-7-21-11(5)23-16(13)17;;;;/h8-20H,6-7H2,1-5H3;1H4;;;1H/t8-,9-,10+,11?,12?,13?,14?,15?,16+,17+,18+;;;;/m0..../s1/i;;;;1+1. The number of rotatable bonds is 3. The molecule has 0 bridgehead atoms. The van der Waals surface area contributed by atoms with Gasteiger partial charge >= 0.3 is 0 Å². The minimum Gasteiger partial charge on any atom is -0.388 e. The molecule has 3 heterocycles. The summed E-state index contributed by atoms with van der Waals surface area (Å²) in [5.74, 6) is 0.286. The van der Waals surface area contributed by atoms with Crippen molar-refractivity contribution < 1.29 is 123 Å². The number of ether oxygens (including phenoxy) is 5. The molecule has 162 valence electrons. The van der Waals surface area contributed by atoms with Gasteiger partial charge in [0.2, 0.25) is 0 Å². The second-order valence-electron chi connectivity index (χ2n) is 7.63. The van der Waals surface area contributed by atoms with Crippen LogP contribution in [0, 0.1) is 100.0 Å². The van der Waals surface area contributed by atoms with Crippen molar-refractivity contribution in [3.63, 3.8) is 0 Å². The van der Waals surface area contributed by atoms with Crippen molar-refractivity contribution in [2.24, 2.45) is 11.8 Å². The van der Waals surface area contributed by atoms with E-state index in [-0.39, 0.29) is 121 Å². The molecular formula is C19H38Ac2O7. The van der Waals surface area contributed by atoms with E-state index in [1.165, 1.54) is 0 Å². The van der Waals surface area contributed by atoms with Crippen LogP contribution < -0.4 is 0 Å². The Labute approximate surface area is 242 Å². The first-order valence-corrected chi connectivity index (χ1v) is 9.43. The molecule has 0 aromatic heterocycles. The summed E-state index contributed by atoms with van der Waals surface area (Å²) in [5.41, 5.74) is 0. The van der Waals surface area contributed by atoms with Crippen LogP contribution in [0.1, 0.15) is 49.9 Å². The Bertz CT molecular complexity index is 462. The van der Waals surface area contributed by atoms with E-state index < -0.39 is 43.1 Å². The first kappa shape index (κ1) is 30.6. The predicted molar refractivity (Wildman–Crippen MR) is 97.6 cm³/mol. The maximum Gasteiger partial charge on any atom is 0.184 e. The minimum atomic E-state index is -0.864. The third-order valence-electron chi connectivity index (χ3n) is 5.98. The fourth-order valence-corrected chi connectivity index (χ4v) is 4.06. The molecule has 3 aliphatic rings. The summed E-state index contributed by atoms with van der Waals surface area (Å²) < 4.78 is 29.2. The molecule has 0 aromatic rings. The fraction of sp³-hybridized carbons (Fsp3) is 1.00. The average Bonchev–Trinajstić information content (AvgIpc) is 2.59. The molecule has 28 heavy (non-hydrogen) atoms. The zero-order chi connectivity index (χ0) is 18.3. The molecule has 0 spiro atoms. The third-order valence-corrected chi connectivity index (χ3v) is 5.98. The number of hydrogen-bond donors (Lipinski definition) is 2. The van der Waals surface area contributed by atoms with Crippen molar-refractivity contribution in [3.05, 3.63) is 0 Å². The SMILES string of the molecule is C.CCC1O[C@H](O[C@@H]2C(O)[C@@H](C)OC3COC(C)O[C@H]32)C(O)[C@@H](C)[C@@H]1C.[2HH].[Ac].[Ac]. The maximum absolute atomic E-state index is 10.6. The Morgan fingerprint density at radius 2 is 1.61 bits per heavy atom. The second kappa shape index (κ2) is 13.3. The van der Waals surface area contributed by atoms with Crippen molar-refractivity contribution in [3.8, 4) is 0 Å². The van der Waals surface area contributed by atoms with Crippen LogP contribution >= 0.6 is 0 Å². The smallest absolute Gasteiger partial charge is 0.184 e. The first-order chi connectivity index (χ1) is 11.8. The van der Waals surface area contributed by atoms with Crippen molar-refractivity contribution in [2.45, 2.75) is 104 Å². The summed E-state index contributed by atoms with van der Waals surface area (Å²) in [5, 5.41) is 21.2. The summed E-state index contributed by atoms with van der Waals surface area (Å²) in [6, 6.07) is 0. The maximum atomic E-state index is 10.6. The van der Waals surface area contributed by atoms with Gasteiger partial charge in [-0.2, -0.15) is 0 Å². The van der Waals surface area contributed by atoms with Gasteiger partial charge in [0.15, 0.2) is 12.6 Å². The monoisotopic (exact) mass is 833 g/mol. The predicted octanol–water partition coefficient (Wildman–Crippen LogP) is 1.93. The molecule has 0 aliphatic carbocycles. The summed E-state index contributed by atoms with van der Waals surface area (Å²) >= 11 is 0. The number of hydrogen-bond acceptors (Lipinski definition) is 7. The summed E-state index contributed by atoms with van der Waals surface area (Å²) in [6.07, 6.45) is -3.75. The van der Waals surface area contributed by atoms with Crippen LogP contribution in [-0.2, 0) is 23.7 Å². The molecule has 9 heteroatoms. The molecule has 2 N–H and O–H groups in total. The molecule has 11 atom stereocenters. The summed E-state index contributed by atoms with van der Waals surface area (Å²) in [4.78, 5) is 0. The van der Waals surface area contributed by atoms with E-state index in [0.29, 0.717) is 6.61 Å². The Kier molecular flexibility index (Phi) is 14.6. The Morgan fingerprint density at radius 3 is 2.21 bits per heavy atom. The van der Waals surface area contributed by atoms with Crippen LogP contribution in [0.3, 0.4) is 0 Å². The Balaban J connectivity index is 0. The topological polar surface area (TPSA) is 86.6 Å². The number of aliphatic hydroxyl groups excluding tert-OH is 2. The van der Waals surface area contributed by atoms with Crippen LogP contribution in [0.2, 0.25) is 0 Å². The largest absolute Gasteiger partial charge is 0.388 e. The van der Waals surface area contributed by atoms with Gasteiger partial charge in [0, 0.05) is 89.6 Å². The molecule has 5 unspecified atom stereocenters. The quantitative estimate of drug-likeness (QED) is 0.450. The third kappa shape index (κ3) is 6.57. The van der Waals surface area contributed by atoms with Gasteiger partial charge in [0.05, 0.1) is 18.8 Å². The van der Waals surface area contributed by atoms with Crippen molar-refractivity contribution >= 4 is 0 Å². The number of fused-ring (bicyclic) bond motifs is 1. The van der Waals surface area contributed by atoms with Gasteiger partial charge < -0.3 is 33.9 Å². The molecule has 7 nitrogen and oxygen atoms in total. The van der Waals surface area contributed by atoms with Crippen LogP contribution in [-0.4, -0.2) is 72.1 Å². The van der Waals surface area contributed by atoms with Gasteiger partial charge in [-0.15, -0.1) is 0 Å². The van der Waals surface area contributed by atoms with E-state index in [4.69, 9.17) is 23.7 Å². The van der Waals surface area contributed by atoms with Crippen molar-refractivity contribution in [1.29, 1.82) is 0 Å². The van der Waals surface area contributed by atoms with Gasteiger partial charge in [-0.25, -0.2) is 0 Å². The van der Waals surface area contributed by atoms with Gasteiger partial charge in [-0.3, -0.25) is 0 Å². The van der Waals surface area contributed by atoms with Crippen molar-refractivity contribution in [2.75, 3.05) is 6.61 Å². The zero-order valence-corrected chi connectivity index (χ0v) is 26.3. The van der Waals surface area contributed by atoms with Crippen LogP contribution in [0.5, 0.6) is 0 Å². The Morgan fingerprint density at radius 1 is 0.964 bits per heavy atom. The van der Waals surface area contributed by atoms with E-state index >= 15 is 0 Å². The number of aliphatic hydroxyl groups is 2. The van der Waals surface area contributed by atoms with E-state index in [1.54, 1.807) is 13.8 Å². The molecule has 2 radical (unpaired) electrons. The van der Waals surface area contributed by atoms with E-state index in [2.05, 4.69) is 13.8 Å². The second-order valence-corrected chi connectivity index (χ2v) is 7.63. The van der Waals surface area contributed by atoms with E-state index in [1.807, 2.05) is 6.92 Å². The minimum absolute atomic E-state index is 0. The van der Waals surface area contributed by atoms with Crippen LogP contribution in [0.4, 0.5) is 0 Å². The normalized spacial score (nSPS) is 48.3. The van der Waals surface area contributed by atoms with E-state index in [0.717, 1.165) is 6.42 Å². The molecule has 3 fully saturated rings. The molecule has 3 saturated heterocycles. The molecule has 3 aliphatic heterocycles. The zero-order valence-electron chi connectivity index (χ0n) is 16.9. The molecule has 0 aromatic carbocycles. The first-order valence-electron chi connectivity index (χ1n) is 9.43. The molecular weight excluding hydrogens is 794 g/mol. The van der Waals surface area contributed by atoms with Gasteiger partial charge in [-0.05, 0) is 32.1 Å². The summed E-state index contributed by atoms with van der Waals surface area (Å²) in [7, 11) is 0. The van der Waals surface area contributed by atoms with E-state index in [9.17, 15) is 10.2 Å². The van der Waals surface area contributed by atoms with Gasteiger partial charge in [0.25, 0.3) is 0 Å². The average molecular weight is 834 g/mol. The van der Waals surface area contributed by atoms with Crippen LogP contribution in [0.15, 0.2) is 0 Å². The Hall–Kier alpha value is 2.60. The van der Waals surface area contributed by atoms with Crippen molar-refractivity contribution in [1.82, 2.24) is 0 Å². The van der Waals surface area contributed by atoms with Gasteiger partial charge in [-0.1, -0.05) is 28.2 Å². The molecule has 0 amide bonds. The molecule has 0 saturated carbocycles. The van der Waals surface area contributed by atoms with Crippen LogP contribution in [0.25, 0.3) is 0 Å². The fourth-order valence-electron chi connectivity index (χ4n) is 4.06. The van der Waals surface area contributed by atoms with Gasteiger partial charge in [0.1, 0.15) is 30.5 Å². The molecule has 3 rings (SSSR count).